The number of benzene rings is 1. The van der Waals surface area contributed by atoms with Crippen molar-refractivity contribution >= 4 is 0 Å². The van der Waals surface area contributed by atoms with Gasteiger partial charge in [-0.2, -0.15) is 13.2 Å². The minimum Gasteiger partial charge on any atom is -0.377 e. The normalized spacial score (nSPS) is 20.1. The van der Waals surface area contributed by atoms with Crippen LogP contribution in [0.2, 0.25) is 0 Å². The zero-order valence-electron chi connectivity index (χ0n) is 11.0. The summed E-state index contributed by atoms with van der Waals surface area (Å²) < 4.78 is 56.3. The lowest BCUT2D eigenvalue weighted by Crippen LogP contribution is -2.31. The molecule has 0 amide bonds. The van der Waals surface area contributed by atoms with Crippen molar-refractivity contribution in [3.8, 4) is 0 Å². The van der Waals surface area contributed by atoms with E-state index in [2.05, 4.69) is 5.32 Å². The summed E-state index contributed by atoms with van der Waals surface area (Å²) in [7, 11) is 0. The molecule has 0 aromatic heterocycles. The molecule has 1 aromatic carbocycles. The minimum atomic E-state index is -4.66. The first-order valence-corrected chi connectivity index (χ1v) is 6.65. The lowest BCUT2D eigenvalue weighted by molar-refractivity contribution is -0.140. The third-order valence-corrected chi connectivity index (χ3v) is 3.31. The van der Waals surface area contributed by atoms with E-state index >= 15 is 0 Å². The fourth-order valence-corrected chi connectivity index (χ4v) is 2.25. The highest BCUT2D eigenvalue weighted by atomic mass is 19.4. The molecule has 1 unspecified atom stereocenters. The summed E-state index contributed by atoms with van der Waals surface area (Å²) in [6.07, 6.45) is -1.41. The van der Waals surface area contributed by atoms with Crippen LogP contribution in [0.3, 0.4) is 0 Å². The van der Waals surface area contributed by atoms with Gasteiger partial charge in [0, 0.05) is 19.7 Å². The van der Waals surface area contributed by atoms with Crippen molar-refractivity contribution in [1.82, 2.24) is 5.32 Å². The summed E-state index contributed by atoms with van der Waals surface area (Å²) in [5.74, 6) is -1.24. The Kier molecular flexibility index (Phi) is 4.99. The van der Waals surface area contributed by atoms with Gasteiger partial charge in [0.2, 0.25) is 0 Å². The lowest BCUT2D eigenvalue weighted by Gasteiger charge is -2.22. The van der Waals surface area contributed by atoms with Crippen LogP contribution in [-0.2, 0) is 17.5 Å². The number of ether oxygens (including phenoxy) is 1. The molecule has 112 valence electrons. The molecule has 1 N–H and O–H groups in total. The quantitative estimate of drug-likeness (QED) is 0.857. The van der Waals surface area contributed by atoms with Gasteiger partial charge < -0.3 is 10.1 Å². The van der Waals surface area contributed by atoms with Crippen LogP contribution in [0.4, 0.5) is 17.6 Å². The van der Waals surface area contributed by atoms with Crippen molar-refractivity contribution in [2.75, 3.05) is 13.2 Å². The minimum absolute atomic E-state index is 0.117. The van der Waals surface area contributed by atoms with Crippen LogP contribution in [0.15, 0.2) is 18.2 Å². The molecule has 1 atom stereocenters. The first-order chi connectivity index (χ1) is 9.47. The highest BCUT2D eigenvalue weighted by Crippen LogP contribution is 2.31. The van der Waals surface area contributed by atoms with Gasteiger partial charge >= 0.3 is 6.18 Å². The Morgan fingerprint density at radius 2 is 2.05 bits per heavy atom. The largest absolute Gasteiger partial charge is 0.419 e. The molecular weight excluding hydrogens is 274 g/mol. The Balaban J connectivity index is 1.89. The monoisotopic (exact) mass is 291 g/mol. The fraction of sp³-hybridized carbons (Fsp3) is 0.571. The van der Waals surface area contributed by atoms with Gasteiger partial charge in [-0.1, -0.05) is 6.07 Å². The number of hydrogen-bond donors (Lipinski definition) is 1. The Hall–Kier alpha value is -1.14. The molecule has 1 aliphatic heterocycles. The number of hydrogen-bond acceptors (Lipinski definition) is 2. The van der Waals surface area contributed by atoms with Crippen LogP contribution < -0.4 is 5.32 Å². The van der Waals surface area contributed by atoms with Crippen molar-refractivity contribution in [3.63, 3.8) is 0 Å². The molecule has 0 bridgehead atoms. The molecule has 1 saturated heterocycles. The van der Waals surface area contributed by atoms with Gasteiger partial charge in [0.25, 0.3) is 0 Å². The molecule has 1 heterocycles. The van der Waals surface area contributed by atoms with Gasteiger partial charge in [-0.15, -0.1) is 0 Å². The highest BCUT2D eigenvalue weighted by Gasteiger charge is 2.34. The smallest absolute Gasteiger partial charge is 0.377 e. The predicted octanol–water partition coefficient (Wildman–Crippen LogP) is 3.50. The first kappa shape index (κ1) is 15.3. The zero-order chi connectivity index (χ0) is 14.6. The van der Waals surface area contributed by atoms with Crippen LogP contribution in [-0.4, -0.2) is 19.3 Å². The number of alkyl halides is 3. The van der Waals surface area contributed by atoms with Gasteiger partial charge in [-0.25, -0.2) is 4.39 Å². The maximum Gasteiger partial charge on any atom is 0.419 e. The predicted molar refractivity (Wildman–Crippen MR) is 66.7 cm³/mol. The maximum absolute atomic E-state index is 13.1. The Bertz CT molecular complexity index is 441. The number of nitrogens with one attached hydrogen (secondary N) is 1. The zero-order valence-corrected chi connectivity index (χ0v) is 11.0. The van der Waals surface area contributed by atoms with Crippen molar-refractivity contribution in [2.24, 2.45) is 0 Å². The topological polar surface area (TPSA) is 21.3 Å². The average Bonchev–Trinajstić information content (AvgIpc) is 2.40. The summed E-state index contributed by atoms with van der Waals surface area (Å²) >= 11 is 0. The number of halogens is 4. The van der Waals surface area contributed by atoms with E-state index in [1.54, 1.807) is 0 Å². The molecule has 0 spiro atoms. The third-order valence-electron chi connectivity index (χ3n) is 3.31. The fourth-order valence-electron chi connectivity index (χ4n) is 2.25. The van der Waals surface area contributed by atoms with Gasteiger partial charge in [0.1, 0.15) is 5.82 Å². The molecule has 0 aliphatic carbocycles. The molecule has 0 saturated carbocycles. The SMILES string of the molecule is Fc1ccc(CNCC2CCCCO2)cc1C(F)(F)F. The molecule has 2 rings (SSSR count). The van der Waals surface area contributed by atoms with E-state index in [0.29, 0.717) is 12.1 Å². The van der Waals surface area contributed by atoms with Crippen LogP contribution in [0.5, 0.6) is 0 Å². The van der Waals surface area contributed by atoms with Crippen LogP contribution >= 0.6 is 0 Å². The summed E-state index contributed by atoms with van der Waals surface area (Å²) in [4.78, 5) is 0. The van der Waals surface area contributed by atoms with Crippen LogP contribution in [0.1, 0.15) is 30.4 Å². The highest BCUT2D eigenvalue weighted by molar-refractivity contribution is 5.27. The molecule has 1 aliphatic rings. The van der Waals surface area contributed by atoms with E-state index in [9.17, 15) is 17.6 Å². The second-order valence-corrected chi connectivity index (χ2v) is 4.93. The summed E-state index contributed by atoms with van der Waals surface area (Å²) in [6, 6.07) is 3.07. The van der Waals surface area contributed by atoms with Gasteiger partial charge in [0.05, 0.1) is 11.7 Å². The molecule has 20 heavy (non-hydrogen) atoms. The molecule has 0 radical (unpaired) electrons. The van der Waals surface area contributed by atoms with E-state index in [0.717, 1.165) is 38.0 Å². The molecule has 6 heteroatoms. The van der Waals surface area contributed by atoms with Crippen molar-refractivity contribution < 1.29 is 22.3 Å². The van der Waals surface area contributed by atoms with Gasteiger partial charge in [-0.05, 0) is 37.0 Å². The maximum atomic E-state index is 13.1. The number of rotatable bonds is 4. The van der Waals surface area contributed by atoms with E-state index in [1.807, 2.05) is 0 Å². The second kappa shape index (κ2) is 6.54. The van der Waals surface area contributed by atoms with Gasteiger partial charge in [0.15, 0.2) is 0 Å². The molecular formula is C14H17F4NO. The average molecular weight is 291 g/mol. The summed E-state index contributed by atoms with van der Waals surface area (Å²) in [5.41, 5.74) is -0.805. The van der Waals surface area contributed by atoms with Crippen LogP contribution in [0.25, 0.3) is 0 Å². The second-order valence-electron chi connectivity index (χ2n) is 4.93. The Morgan fingerprint density at radius 3 is 2.70 bits per heavy atom. The Labute approximate surface area is 115 Å². The van der Waals surface area contributed by atoms with E-state index in [4.69, 9.17) is 4.74 Å². The first-order valence-electron chi connectivity index (χ1n) is 6.65. The standard InChI is InChI=1S/C14H17F4NO/c15-13-5-4-10(7-12(13)14(16,17)18)8-19-9-11-3-1-2-6-20-11/h4-5,7,11,19H,1-3,6,8-9H2. The van der Waals surface area contributed by atoms with Crippen molar-refractivity contribution in [2.45, 2.75) is 38.1 Å². The van der Waals surface area contributed by atoms with E-state index in [-0.39, 0.29) is 12.6 Å². The lowest BCUT2D eigenvalue weighted by atomic mass is 10.1. The molecule has 1 aromatic rings. The molecule has 1 fully saturated rings. The van der Waals surface area contributed by atoms with Gasteiger partial charge in [-0.3, -0.25) is 0 Å². The Morgan fingerprint density at radius 1 is 1.25 bits per heavy atom. The summed E-state index contributed by atoms with van der Waals surface area (Å²) in [5, 5.41) is 3.05. The van der Waals surface area contributed by atoms with Crippen molar-refractivity contribution in [1.29, 1.82) is 0 Å². The van der Waals surface area contributed by atoms with E-state index in [1.165, 1.54) is 6.07 Å². The van der Waals surface area contributed by atoms with E-state index < -0.39 is 17.6 Å². The molecule has 2 nitrogen and oxygen atoms in total. The summed E-state index contributed by atoms with van der Waals surface area (Å²) in [6.45, 7) is 1.60. The van der Waals surface area contributed by atoms with Crippen LogP contribution in [0, 0.1) is 5.82 Å². The third kappa shape index (κ3) is 4.18. The van der Waals surface area contributed by atoms with Crippen molar-refractivity contribution in [3.05, 3.63) is 35.1 Å².